The van der Waals surface area contributed by atoms with Crippen molar-refractivity contribution < 1.29 is 23.8 Å². The summed E-state index contributed by atoms with van der Waals surface area (Å²) < 4.78 is 21.1. The number of Topliss-reactive ketones (excluding diaryl/α,β-unsaturated/α-hetero) is 1. The highest BCUT2D eigenvalue weighted by Crippen LogP contribution is 2.33. The fraction of sp³-hybridized carbons (Fsp3) is 0.143. The van der Waals surface area contributed by atoms with Gasteiger partial charge in [-0.15, -0.1) is 0 Å². The third kappa shape index (κ3) is 3.18. The van der Waals surface area contributed by atoms with Crippen LogP contribution in [0.4, 0.5) is 9.18 Å². The van der Waals surface area contributed by atoms with Gasteiger partial charge in [0.1, 0.15) is 17.3 Å². The molecular weight excluding hydrogens is 377 g/mol. The Bertz CT molecular complexity index is 1200. The Morgan fingerprint density at radius 1 is 1.17 bits per heavy atom. The number of halogens is 1. The van der Waals surface area contributed by atoms with Crippen LogP contribution >= 0.6 is 0 Å². The lowest BCUT2D eigenvalue weighted by Crippen LogP contribution is -2.13. The average molecular weight is 393 g/mol. The second-order valence-electron chi connectivity index (χ2n) is 6.55. The van der Waals surface area contributed by atoms with Gasteiger partial charge in [-0.3, -0.25) is 14.4 Å². The Kier molecular flexibility index (Phi) is 4.46. The average Bonchev–Trinajstić information content (AvgIpc) is 2.88. The molecule has 29 heavy (non-hydrogen) atoms. The lowest BCUT2D eigenvalue weighted by molar-refractivity contribution is 0.101. The van der Waals surface area contributed by atoms with Gasteiger partial charge in [-0.2, -0.15) is 0 Å². The molecule has 0 fully saturated rings. The van der Waals surface area contributed by atoms with Crippen LogP contribution in [0.15, 0.2) is 47.5 Å². The second kappa shape index (κ2) is 6.97. The number of carbonyl (C=O) groups excluding carboxylic acids is 1. The van der Waals surface area contributed by atoms with E-state index in [-0.39, 0.29) is 23.8 Å². The van der Waals surface area contributed by atoms with E-state index in [1.165, 1.54) is 13.0 Å². The number of ketones is 1. The first-order valence-corrected chi connectivity index (χ1v) is 8.81. The number of fused-ring (bicyclic) bond motifs is 3. The summed E-state index contributed by atoms with van der Waals surface area (Å²) in [6.07, 6.45) is -1.47. The van der Waals surface area contributed by atoms with Crippen molar-refractivity contribution in [3.05, 3.63) is 76.5 Å². The maximum Gasteiger partial charge on any atom is 0.512 e. The number of aromatic nitrogens is 2. The van der Waals surface area contributed by atoms with Gasteiger partial charge < -0.3 is 9.84 Å². The van der Waals surface area contributed by atoms with Crippen LogP contribution in [-0.4, -0.2) is 32.3 Å². The maximum atomic E-state index is 14.6. The van der Waals surface area contributed by atoms with Crippen LogP contribution in [0.5, 0.6) is 5.88 Å². The summed E-state index contributed by atoms with van der Waals surface area (Å²) >= 11 is 0. The van der Waals surface area contributed by atoms with Crippen molar-refractivity contribution in [3.63, 3.8) is 0 Å². The number of hydrogen-bond donors (Lipinski definition) is 1. The smallest absolute Gasteiger partial charge is 0.449 e. The molecule has 0 aliphatic carbocycles. The van der Waals surface area contributed by atoms with Gasteiger partial charge in [0.15, 0.2) is 5.78 Å². The molecule has 0 bridgehead atoms. The fourth-order valence-electron chi connectivity index (χ4n) is 3.39. The van der Waals surface area contributed by atoms with Gasteiger partial charge in [0.25, 0.3) is 0 Å². The predicted octanol–water partition coefficient (Wildman–Crippen LogP) is 3.93. The molecule has 1 aromatic heterocycles. The van der Waals surface area contributed by atoms with Crippen LogP contribution in [0.25, 0.3) is 5.69 Å². The quantitative estimate of drug-likeness (QED) is 0.538. The van der Waals surface area contributed by atoms with E-state index in [0.29, 0.717) is 34.0 Å². The lowest BCUT2D eigenvalue weighted by atomic mass is 9.97. The van der Waals surface area contributed by atoms with Crippen molar-refractivity contribution >= 4 is 17.7 Å². The minimum absolute atomic E-state index is 0.0364. The molecule has 7 nitrogen and oxygen atoms in total. The number of ether oxygens (including phenoxy) is 1. The van der Waals surface area contributed by atoms with Crippen LogP contribution in [-0.2, 0) is 6.54 Å². The highest BCUT2D eigenvalue weighted by atomic mass is 19.1. The van der Waals surface area contributed by atoms with Crippen molar-refractivity contribution in [2.24, 2.45) is 4.99 Å². The Morgan fingerprint density at radius 3 is 2.62 bits per heavy atom. The number of imidazole rings is 1. The van der Waals surface area contributed by atoms with Crippen molar-refractivity contribution in [2.45, 2.75) is 20.4 Å². The Labute approximate surface area is 165 Å². The van der Waals surface area contributed by atoms with E-state index in [2.05, 4.69) is 9.98 Å². The molecule has 2 heterocycles. The molecule has 0 saturated carbocycles. The molecule has 1 aliphatic rings. The summed E-state index contributed by atoms with van der Waals surface area (Å²) in [5.41, 5.74) is 2.42. The minimum Gasteiger partial charge on any atom is -0.449 e. The van der Waals surface area contributed by atoms with Gasteiger partial charge >= 0.3 is 6.16 Å². The van der Waals surface area contributed by atoms with Crippen molar-refractivity contribution in [1.82, 2.24) is 9.55 Å². The maximum absolute atomic E-state index is 14.6. The highest BCUT2D eigenvalue weighted by molar-refractivity contribution is 6.16. The number of carboxylic acid groups (broad SMARTS) is 1. The summed E-state index contributed by atoms with van der Waals surface area (Å²) in [6.45, 7) is 3.15. The van der Waals surface area contributed by atoms with Crippen LogP contribution in [0, 0.1) is 12.7 Å². The number of benzene rings is 2. The first kappa shape index (κ1) is 18.5. The van der Waals surface area contributed by atoms with Gasteiger partial charge in [-0.1, -0.05) is 12.1 Å². The summed E-state index contributed by atoms with van der Waals surface area (Å²) in [6, 6.07) is 11.1. The van der Waals surface area contributed by atoms with Crippen molar-refractivity contribution in [3.8, 4) is 11.6 Å². The molecule has 1 aliphatic heterocycles. The summed E-state index contributed by atoms with van der Waals surface area (Å²) in [5, 5.41) is 9.13. The molecule has 0 unspecified atom stereocenters. The molecule has 1 N–H and O–H groups in total. The molecule has 0 spiro atoms. The zero-order valence-corrected chi connectivity index (χ0v) is 15.6. The van der Waals surface area contributed by atoms with Gasteiger partial charge in [0.05, 0.1) is 17.9 Å². The number of aryl methyl sites for hydroxylation is 1. The van der Waals surface area contributed by atoms with E-state index in [1.54, 1.807) is 47.9 Å². The van der Waals surface area contributed by atoms with Gasteiger partial charge in [-0.25, -0.2) is 14.2 Å². The third-order valence-electron chi connectivity index (χ3n) is 4.66. The summed E-state index contributed by atoms with van der Waals surface area (Å²) in [5.74, 6) is -0.131. The van der Waals surface area contributed by atoms with Gasteiger partial charge in [0, 0.05) is 16.7 Å². The fourth-order valence-corrected chi connectivity index (χ4v) is 3.39. The lowest BCUT2D eigenvalue weighted by Gasteiger charge is -2.15. The van der Waals surface area contributed by atoms with Crippen LogP contribution in [0.3, 0.4) is 0 Å². The van der Waals surface area contributed by atoms with Crippen LogP contribution in [0.2, 0.25) is 0 Å². The largest absolute Gasteiger partial charge is 0.512 e. The van der Waals surface area contributed by atoms with E-state index in [9.17, 15) is 14.0 Å². The molecule has 8 heteroatoms. The highest BCUT2D eigenvalue weighted by Gasteiger charge is 2.27. The topological polar surface area (TPSA) is 93.8 Å². The molecule has 0 amide bonds. The zero-order valence-electron chi connectivity index (χ0n) is 15.6. The monoisotopic (exact) mass is 393 g/mol. The van der Waals surface area contributed by atoms with E-state index >= 15 is 0 Å². The molecule has 0 saturated heterocycles. The number of nitrogens with zero attached hydrogens (tertiary/aromatic N) is 3. The first-order valence-electron chi connectivity index (χ1n) is 8.81. The van der Waals surface area contributed by atoms with Crippen LogP contribution < -0.4 is 4.74 Å². The minimum atomic E-state index is -1.47. The molecule has 3 aromatic rings. The number of carbonyl (C=O) groups is 2. The first-order chi connectivity index (χ1) is 13.9. The van der Waals surface area contributed by atoms with Crippen molar-refractivity contribution in [1.29, 1.82) is 0 Å². The van der Waals surface area contributed by atoms with E-state index in [4.69, 9.17) is 9.84 Å². The molecule has 0 radical (unpaired) electrons. The normalized spacial score (nSPS) is 12.4. The Balaban J connectivity index is 2.02. The Hall–Kier alpha value is -3.81. The third-order valence-corrected chi connectivity index (χ3v) is 4.66. The Morgan fingerprint density at radius 2 is 1.93 bits per heavy atom. The molecule has 4 rings (SSSR count). The van der Waals surface area contributed by atoms with Crippen LogP contribution in [0.1, 0.15) is 39.9 Å². The summed E-state index contributed by atoms with van der Waals surface area (Å²) in [7, 11) is 0. The molecule has 2 aromatic carbocycles. The van der Waals surface area contributed by atoms with E-state index in [0.717, 1.165) is 0 Å². The number of aliphatic imine (C=N–C) groups is 1. The number of hydrogen-bond acceptors (Lipinski definition) is 5. The van der Waals surface area contributed by atoms with Gasteiger partial charge in [0.2, 0.25) is 5.88 Å². The molecule has 0 atom stereocenters. The second-order valence-corrected chi connectivity index (χ2v) is 6.55. The standard InChI is InChI=1S/C21H16FN3O4/c1-11-20(29-21(27)28)25-17-8-7-13(12(2)26)9-15(17)19(23-10-18(25)24-11)14-5-3-4-6-16(14)22/h3-9H,10H2,1-2H3,(H,27,28). The summed E-state index contributed by atoms with van der Waals surface area (Å²) in [4.78, 5) is 32.1. The molecule has 146 valence electrons. The van der Waals surface area contributed by atoms with E-state index in [1.807, 2.05) is 0 Å². The van der Waals surface area contributed by atoms with Crippen molar-refractivity contribution in [2.75, 3.05) is 0 Å². The SMILES string of the molecule is CC(=O)c1ccc2c(c1)C(c1ccccc1F)=NCc1nc(C)c(OC(=O)O)n1-2. The number of rotatable bonds is 3. The van der Waals surface area contributed by atoms with E-state index < -0.39 is 12.0 Å². The molecular formula is C21H16FN3O4. The zero-order chi connectivity index (χ0) is 20.7. The predicted molar refractivity (Wildman–Crippen MR) is 103 cm³/mol. The van der Waals surface area contributed by atoms with Gasteiger partial charge in [-0.05, 0) is 44.2 Å².